The number of benzene rings is 2. The summed E-state index contributed by atoms with van der Waals surface area (Å²) in [6, 6.07) is 15.2. The van der Waals surface area contributed by atoms with Crippen LogP contribution in [0.15, 0.2) is 42.5 Å². The number of hydrogen-bond donors (Lipinski definition) is 1. The fourth-order valence-electron chi connectivity index (χ4n) is 4.93. The molecule has 4 heteroatoms. The molecule has 0 bridgehead atoms. The van der Waals surface area contributed by atoms with Crippen LogP contribution in [-0.2, 0) is 17.8 Å². The van der Waals surface area contributed by atoms with Gasteiger partial charge in [0.15, 0.2) is 0 Å². The van der Waals surface area contributed by atoms with E-state index in [9.17, 15) is 4.79 Å². The lowest BCUT2D eigenvalue weighted by atomic mass is 10.0. The number of rotatable bonds is 6. The van der Waals surface area contributed by atoms with Crippen molar-refractivity contribution in [2.75, 3.05) is 31.1 Å². The number of hydrogen-bond acceptors (Lipinski definition) is 3. The van der Waals surface area contributed by atoms with Crippen LogP contribution in [0.1, 0.15) is 28.7 Å². The third kappa shape index (κ3) is 4.07. The number of nitrogens with zero attached hydrogens (tertiary/aromatic N) is 2. The largest absolute Gasteiger partial charge is 0.371 e. The molecule has 0 radical (unpaired) electrons. The van der Waals surface area contributed by atoms with Gasteiger partial charge in [-0.05, 0) is 66.5 Å². The number of primary amides is 1. The van der Waals surface area contributed by atoms with Crippen molar-refractivity contribution in [1.82, 2.24) is 4.90 Å². The zero-order valence-corrected chi connectivity index (χ0v) is 17.0. The van der Waals surface area contributed by atoms with Crippen LogP contribution >= 0.6 is 0 Å². The van der Waals surface area contributed by atoms with Crippen LogP contribution in [0, 0.1) is 25.7 Å². The fraction of sp³-hybridized carbons (Fsp3) is 0.458. The molecule has 2 unspecified atom stereocenters. The predicted molar refractivity (Wildman–Crippen MR) is 114 cm³/mol. The summed E-state index contributed by atoms with van der Waals surface area (Å²) < 4.78 is 0. The molecule has 0 aromatic heterocycles. The summed E-state index contributed by atoms with van der Waals surface area (Å²) >= 11 is 0. The first-order valence-corrected chi connectivity index (χ1v) is 10.4. The van der Waals surface area contributed by atoms with Gasteiger partial charge in [-0.2, -0.15) is 0 Å². The number of aryl methyl sites for hydroxylation is 3. The van der Waals surface area contributed by atoms with Crippen LogP contribution in [0.5, 0.6) is 0 Å². The highest BCUT2D eigenvalue weighted by Gasteiger charge is 2.40. The van der Waals surface area contributed by atoms with Crippen molar-refractivity contribution in [1.29, 1.82) is 0 Å². The molecule has 2 fully saturated rings. The number of anilines is 1. The summed E-state index contributed by atoms with van der Waals surface area (Å²) in [5, 5.41) is 0. The van der Waals surface area contributed by atoms with Crippen molar-refractivity contribution in [3.05, 3.63) is 64.7 Å². The maximum Gasteiger partial charge on any atom is 0.217 e. The highest BCUT2D eigenvalue weighted by molar-refractivity contribution is 5.74. The third-order valence-electron chi connectivity index (χ3n) is 6.52. The van der Waals surface area contributed by atoms with Gasteiger partial charge >= 0.3 is 0 Å². The topological polar surface area (TPSA) is 49.6 Å². The molecular weight excluding hydrogens is 346 g/mol. The van der Waals surface area contributed by atoms with Crippen molar-refractivity contribution in [2.45, 2.75) is 33.2 Å². The van der Waals surface area contributed by atoms with Gasteiger partial charge in [-0.3, -0.25) is 9.69 Å². The zero-order valence-electron chi connectivity index (χ0n) is 17.0. The number of amides is 1. The van der Waals surface area contributed by atoms with Gasteiger partial charge in [0.2, 0.25) is 5.91 Å². The minimum Gasteiger partial charge on any atom is -0.371 e. The second-order valence-corrected chi connectivity index (χ2v) is 8.63. The van der Waals surface area contributed by atoms with Gasteiger partial charge in [0.05, 0.1) is 0 Å². The van der Waals surface area contributed by atoms with Gasteiger partial charge in [0, 0.05) is 44.8 Å². The first kappa shape index (κ1) is 19.0. The lowest BCUT2D eigenvalue weighted by Gasteiger charge is -2.24. The summed E-state index contributed by atoms with van der Waals surface area (Å²) in [4.78, 5) is 16.2. The molecule has 2 heterocycles. The molecule has 2 N–H and O–H groups in total. The number of fused-ring (bicyclic) bond motifs is 1. The van der Waals surface area contributed by atoms with E-state index in [2.05, 4.69) is 66.1 Å². The minimum atomic E-state index is -0.231. The Bertz CT molecular complexity index is 828. The Morgan fingerprint density at radius 3 is 2.29 bits per heavy atom. The summed E-state index contributed by atoms with van der Waals surface area (Å²) in [7, 11) is 0. The molecule has 0 aliphatic carbocycles. The van der Waals surface area contributed by atoms with E-state index in [-0.39, 0.29) is 5.91 Å². The minimum absolute atomic E-state index is 0.231. The summed E-state index contributed by atoms with van der Waals surface area (Å²) in [6.45, 7) is 10.2. The molecule has 0 spiro atoms. The Morgan fingerprint density at radius 2 is 1.64 bits per heavy atom. The van der Waals surface area contributed by atoms with Crippen LogP contribution in [0.25, 0.3) is 0 Å². The molecular formula is C24H31N3O. The number of carbonyl (C=O) groups is 1. The molecule has 4 nitrogen and oxygen atoms in total. The van der Waals surface area contributed by atoms with Crippen LogP contribution in [-0.4, -0.2) is 37.0 Å². The highest BCUT2D eigenvalue weighted by atomic mass is 16.1. The molecule has 28 heavy (non-hydrogen) atoms. The van der Waals surface area contributed by atoms with E-state index in [0.29, 0.717) is 6.42 Å². The SMILES string of the molecule is Cc1cccc(C)c1CN1CC2CN(c3cccc(CCC(N)=O)c3)CC2C1. The van der Waals surface area contributed by atoms with Crippen LogP contribution in [0.4, 0.5) is 5.69 Å². The van der Waals surface area contributed by atoms with Gasteiger partial charge in [-0.1, -0.05) is 30.3 Å². The standard InChI is InChI=1S/C24H31N3O/c1-17-5-3-6-18(2)23(17)16-26-12-20-14-27(15-21(20)13-26)22-8-4-7-19(11-22)9-10-24(25)28/h3-8,11,20-21H,9-10,12-16H2,1-2H3,(H2,25,28). The van der Waals surface area contributed by atoms with Crippen molar-refractivity contribution in [2.24, 2.45) is 17.6 Å². The zero-order chi connectivity index (χ0) is 19.7. The normalized spacial score (nSPS) is 21.9. The highest BCUT2D eigenvalue weighted by Crippen LogP contribution is 2.35. The van der Waals surface area contributed by atoms with Crippen molar-refractivity contribution < 1.29 is 4.79 Å². The number of nitrogens with two attached hydrogens (primary N) is 1. The van der Waals surface area contributed by atoms with Crippen molar-refractivity contribution in [3.8, 4) is 0 Å². The summed E-state index contributed by atoms with van der Waals surface area (Å²) in [5.74, 6) is 1.27. The molecule has 2 aromatic carbocycles. The van der Waals surface area contributed by atoms with Crippen molar-refractivity contribution in [3.63, 3.8) is 0 Å². The monoisotopic (exact) mass is 377 g/mol. The molecule has 2 atom stereocenters. The Labute approximate surface area is 168 Å². The lowest BCUT2D eigenvalue weighted by molar-refractivity contribution is -0.117. The molecule has 2 aliphatic rings. The second kappa shape index (κ2) is 7.96. The van der Waals surface area contributed by atoms with E-state index in [4.69, 9.17) is 5.73 Å². The van der Waals surface area contributed by atoms with E-state index in [0.717, 1.165) is 37.9 Å². The number of likely N-dealkylation sites (tertiary alicyclic amines) is 1. The fourth-order valence-corrected chi connectivity index (χ4v) is 4.93. The average Bonchev–Trinajstić information content (AvgIpc) is 3.22. The van der Waals surface area contributed by atoms with Gasteiger partial charge in [-0.15, -0.1) is 0 Å². The number of carbonyl (C=O) groups excluding carboxylic acids is 1. The molecule has 4 rings (SSSR count). The Kier molecular flexibility index (Phi) is 5.40. The molecule has 0 saturated carbocycles. The van der Waals surface area contributed by atoms with E-state index in [1.165, 1.54) is 41.0 Å². The maximum atomic E-state index is 11.1. The maximum absolute atomic E-state index is 11.1. The van der Waals surface area contributed by atoms with Crippen molar-refractivity contribution >= 4 is 11.6 Å². The van der Waals surface area contributed by atoms with E-state index in [1.807, 2.05) is 0 Å². The first-order chi connectivity index (χ1) is 13.5. The Hall–Kier alpha value is -2.33. The van der Waals surface area contributed by atoms with E-state index >= 15 is 0 Å². The molecule has 2 aliphatic heterocycles. The third-order valence-corrected chi connectivity index (χ3v) is 6.52. The van der Waals surface area contributed by atoms with Crippen LogP contribution in [0.2, 0.25) is 0 Å². The second-order valence-electron chi connectivity index (χ2n) is 8.63. The predicted octanol–water partition coefficient (Wildman–Crippen LogP) is 3.29. The summed E-state index contributed by atoms with van der Waals surface area (Å²) in [5.41, 5.74) is 12.1. The van der Waals surface area contributed by atoms with Crippen LogP contribution in [0.3, 0.4) is 0 Å². The Balaban J connectivity index is 1.37. The average molecular weight is 378 g/mol. The Morgan fingerprint density at radius 1 is 1.00 bits per heavy atom. The van der Waals surface area contributed by atoms with Gasteiger partial charge in [-0.25, -0.2) is 0 Å². The smallest absolute Gasteiger partial charge is 0.217 e. The molecule has 1 amide bonds. The van der Waals surface area contributed by atoms with E-state index in [1.54, 1.807) is 0 Å². The van der Waals surface area contributed by atoms with Gasteiger partial charge < -0.3 is 10.6 Å². The molecule has 2 aromatic rings. The molecule has 148 valence electrons. The van der Waals surface area contributed by atoms with Crippen LogP contribution < -0.4 is 10.6 Å². The quantitative estimate of drug-likeness (QED) is 0.840. The molecule has 2 saturated heterocycles. The van der Waals surface area contributed by atoms with E-state index < -0.39 is 0 Å². The lowest BCUT2D eigenvalue weighted by Crippen LogP contribution is -2.29. The first-order valence-electron chi connectivity index (χ1n) is 10.4. The van der Waals surface area contributed by atoms with Gasteiger partial charge in [0.1, 0.15) is 0 Å². The summed E-state index contributed by atoms with van der Waals surface area (Å²) in [6.07, 6.45) is 1.15. The van der Waals surface area contributed by atoms with Gasteiger partial charge in [0.25, 0.3) is 0 Å².